The van der Waals surface area contributed by atoms with Crippen molar-refractivity contribution >= 4 is 34.6 Å². The molecule has 0 radical (unpaired) electrons. The van der Waals surface area contributed by atoms with Gasteiger partial charge < -0.3 is 0 Å². The van der Waals surface area contributed by atoms with E-state index in [1.807, 2.05) is 0 Å². The molecule has 116 valence electrons. The summed E-state index contributed by atoms with van der Waals surface area (Å²) in [6.07, 6.45) is 0. The SMILES string of the molecule is O=[N+]([O-])c1ccc(F)c(Cl)c1.O=[N+]([O-])c1ccc(F)cc1Cl. The first-order valence-corrected chi connectivity index (χ1v) is 6.17. The van der Waals surface area contributed by atoms with Gasteiger partial charge in [0.2, 0.25) is 0 Å². The van der Waals surface area contributed by atoms with Gasteiger partial charge in [0.15, 0.2) is 0 Å². The van der Waals surface area contributed by atoms with Gasteiger partial charge >= 0.3 is 0 Å². The molecule has 0 aliphatic carbocycles. The van der Waals surface area contributed by atoms with Gasteiger partial charge in [0.1, 0.15) is 16.7 Å². The Morgan fingerprint density at radius 3 is 1.95 bits per heavy atom. The highest BCUT2D eigenvalue weighted by atomic mass is 35.5. The predicted molar refractivity (Wildman–Crippen MR) is 76.1 cm³/mol. The standard InChI is InChI=1S/2C6H3ClFNO2/c7-5-3-4(9(10)11)1-2-6(5)8;7-5-3-4(8)1-2-6(5)9(10)11/h2*1-3H. The van der Waals surface area contributed by atoms with Crippen LogP contribution < -0.4 is 0 Å². The Hall–Kier alpha value is -2.32. The summed E-state index contributed by atoms with van der Waals surface area (Å²) in [5.41, 5.74) is -0.496. The van der Waals surface area contributed by atoms with Crippen LogP contribution >= 0.6 is 23.2 Å². The van der Waals surface area contributed by atoms with Gasteiger partial charge in [-0.15, -0.1) is 0 Å². The van der Waals surface area contributed by atoms with Crippen molar-refractivity contribution < 1.29 is 18.6 Å². The van der Waals surface area contributed by atoms with Gasteiger partial charge in [0, 0.05) is 18.2 Å². The highest BCUT2D eigenvalue weighted by Crippen LogP contribution is 2.24. The minimum atomic E-state index is -0.665. The van der Waals surface area contributed by atoms with E-state index >= 15 is 0 Å². The molecule has 0 unspecified atom stereocenters. The molecule has 0 aliphatic rings. The Morgan fingerprint density at radius 2 is 1.50 bits per heavy atom. The van der Waals surface area contributed by atoms with Crippen molar-refractivity contribution in [3.8, 4) is 0 Å². The molecular weight excluding hydrogens is 345 g/mol. The summed E-state index contributed by atoms with van der Waals surface area (Å²) in [5.74, 6) is -1.24. The fourth-order valence-corrected chi connectivity index (χ4v) is 1.64. The van der Waals surface area contributed by atoms with E-state index < -0.39 is 21.5 Å². The number of benzene rings is 2. The van der Waals surface area contributed by atoms with E-state index in [9.17, 15) is 29.0 Å². The topological polar surface area (TPSA) is 86.3 Å². The molecule has 2 aromatic carbocycles. The molecule has 0 aliphatic heterocycles. The fourth-order valence-electron chi connectivity index (χ4n) is 1.23. The molecule has 10 heteroatoms. The Morgan fingerprint density at radius 1 is 0.864 bits per heavy atom. The highest BCUT2D eigenvalue weighted by molar-refractivity contribution is 6.32. The first-order valence-electron chi connectivity index (χ1n) is 5.41. The zero-order valence-corrected chi connectivity index (χ0v) is 12.0. The van der Waals surface area contributed by atoms with Gasteiger partial charge in [-0.25, -0.2) is 8.78 Å². The summed E-state index contributed by atoms with van der Waals surface area (Å²) in [6, 6.07) is 5.90. The zero-order valence-electron chi connectivity index (χ0n) is 10.5. The van der Waals surface area contributed by atoms with Crippen molar-refractivity contribution in [1.29, 1.82) is 0 Å². The van der Waals surface area contributed by atoms with E-state index in [0.29, 0.717) is 0 Å². The molecule has 0 aromatic heterocycles. The van der Waals surface area contributed by atoms with Crippen molar-refractivity contribution in [1.82, 2.24) is 0 Å². The molecule has 0 amide bonds. The van der Waals surface area contributed by atoms with Crippen LogP contribution in [0.5, 0.6) is 0 Å². The maximum atomic E-state index is 12.4. The van der Waals surface area contributed by atoms with Gasteiger partial charge in [-0.05, 0) is 18.2 Å². The van der Waals surface area contributed by atoms with Crippen LogP contribution in [0, 0.1) is 31.9 Å². The lowest BCUT2D eigenvalue weighted by molar-refractivity contribution is -0.385. The molecular formula is C12H6Cl2F2N2O4. The minimum Gasteiger partial charge on any atom is -0.258 e. The number of rotatable bonds is 2. The second kappa shape index (κ2) is 7.62. The lowest BCUT2D eigenvalue weighted by Gasteiger charge is -1.92. The minimum absolute atomic E-state index is 0.185. The van der Waals surface area contributed by atoms with E-state index in [2.05, 4.69) is 0 Å². The lowest BCUT2D eigenvalue weighted by Crippen LogP contribution is -1.88. The maximum absolute atomic E-state index is 12.4. The van der Waals surface area contributed by atoms with Crippen LogP contribution in [-0.2, 0) is 0 Å². The van der Waals surface area contributed by atoms with Crippen molar-refractivity contribution in [2.24, 2.45) is 0 Å². The summed E-state index contributed by atoms with van der Waals surface area (Å²) in [4.78, 5) is 18.9. The Balaban J connectivity index is 0.000000220. The number of nitro groups is 2. The number of hydrogen-bond donors (Lipinski definition) is 0. The molecule has 2 rings (SSSR count). The summed E-state index contributed by atoms with van der Waals surface area (Å²) >= 11 is 10.6. The van der Waals surface area contributed by atoms with Gasteiger partial charge in [-0.1, -0.05) is 23.2 Å². The number of hydrogen-bond acceptors (Lipinski definition) is 4. The second-order valence-corrected chi connectivity index (χ2v) is 4.52. The molecule has 0 heterocycles. The molecule has 0 fully saturated rings. The molecule has 0 saturated carbocycles. The van der Waals surface area contributed by atoms with Gasteiger partial charge in [0.25, 0.3) is 11.4 Å². The summed E-state index contributed by atoms with van der Waals surface area (Å²) in [5, 5.41) is 19.8. The molecule has 2 aromatic rings. The Kier molecular flexibility index (Phi) is 6.14. The molecule has 22 heavy (non-hydrogen) atoms. The van der Waals surface area contributed by atoms with E-state index in [1.54, 1.807) is 0 Å². The van der Waals surface area contributed by atoms with Crippen LogP contribution in [0.25, 0.3) is 0 Å². The van der Waals surface area contributed by atoms with Crippen molar-refractivity contribution in [3.63, 3.8) is 0 Å². The Bertz CT molecular complexity index is 728. The van der Waals surface area contributed by atoms with Crippen LogP contribution in [0.2, 0.25) is 10.0 Å². The van der Waals surface area contributed by atoms with Gasteiger partial charge in [0.05, 0.1) is 14.9 Å². The molecule has 0 bridgehead atoms. The van der Waals surface area contributed by atoms with Crippen LogP contribution in [0.3, 0.4) is 0 Å². The summed E-state index contributed by atoms with van der Waals surface area (Å²) in [7, 11) is 0. The Labute approximate surface area is 132 Å². The summed E-state index contributed by atoms with van der Waals surface area (Å²) < 4.78 is 24.7. The van der Waals surface area contributed by atoms with Gasteiger partial charge in [-0.2, -0.15) is 0 Å². The van der Waals surface area contributed by atoms with Crippen LogP contribution in [0.15, 0.2) is 36.4 Å². The number of non-ortho nitro benzene ring substituents is 1. The van der Waals surface area contributed by atoms with E-state index in [-0.39, 0.29) is 21.4 Å². The summed E-state index contributed by atoms with van der Waals surface area (Å²) in [6.45, 7) is 0. The normalized spacial score (nSPS) is 9.64. The van der Waals surface area contributed by atoms with E-state index in [1.165, 1.54) is 0 Å². The fraction of sp³-hybridized carbons (Fsp3) is 0. The largest absolute Gasteiger partial charge is 0.288 e. The number of nitrogens with zero attached hydrogens (tertiary/aromatic N) is 2. The maximum Gasteiger partial charge on any atom is 0.288 e. The number of nitro benzene ring substituents is 2. The predicted octanol–water partition coefficient (Wildman–Crippen LogP) is 4.77. The van der Waals surface area contributed by atoms with Crippen molar-refractivity contribution in [2.45, 2.75) is 0 Å². The first-order chi connectivity index (χ1) is 10.2. The quantitative estimate of drug-likeness (QED) is 0.576. The van der Waals surface area contributed by atoms with Crippen molar-refractivity contribution in [3.05, 3.63) is 78.3 Å². The number of halogens is 4. The third-order valence-corrected chi connectivity index (χ3v) is 2.81. The van der Waals surface area contributed by atoms with Crippen molar-refractivity contribution in [2.75, 3.05) is 0 Å². The van der Waals surface area contributed by atoms with Crippen LogP contribution in [-0.4, -0.2) is 9.85 Å². The average Bonchev–Trinajstić information content (AvgIpc) is 2.41. The van der Waals surface area contributed by atoms with Crippen LogP contribution in [0.4, 0.5) is 20.2 Å². The average molecular weight is 351 g/mol. The third-order valence-electron chi connectivity index (χ3n) is 2.22. The monoisotopic (exact) mass is 350 g/mol. The van der Waals surface area contributed by atoms with Gasteiger partial charge in [-0.3, -0.25) is 20.2 Å². The highest BCUT2D eigenvalue weighted by Gasteiger charge is 2.11. The second-order valence-electron chi connectivity index (χ2n) is 3.71. The molecule has 0 spiro atoms. The molecule has 0 N–H and O–H groups in total. The first kappa shape index (κ1) is 17.7. The van der Waals surface area contributed by atoms with E-state index in [4.69, 9.17) is 23.2 Å². The smallest absolute Gasteiger partial charge is 0.258 e. The molecule has 0 atom stereocenters. The lowest BCUT2D eigenvalue weighted by atomic mass is 10.3. The molecule has 6 nitrogen and oxygen atoms in total. The van der Waals surface area contributed by atoms with E-state index in [0.717, 1.165) is 36.4 Å². The molecule has 0 saturated heterocycles. The zero-order chi connectivity index (χ0) is 16.9. The third kappa shape index (κ3) is 4.90. The van der Waals surface area contributed by atoms with Crippen LogP contribution in [0.1, 0.15) is 0 Å².